The zero-order chi connectivity index (χ0) is 13.6. The molecule has 3 rings (SSSR count). The first-order chi connectivity index (χ1) is 9.08. The molecule has 0 bridgehead atoms. The molecule has 1 aromatic rings. The van der Waals surface area contributed by atoms with Gasteiger partial charge in [0.15, 0.2) is 0 Å². The van der Waals surface area contributed by atoms with Crippen molar-refractivity contribution in [2.45, 2.75) is 25.8 Å². The predicted molar refractivity (Wildman–Crippen MR) is 67.7 cm³/mol. The van der Waals surface area contributed by atoms with Crippen molar-refractivity contribution >= 4 is 17.7 Å². The van der Waals surface area contributed by atoms with Crippen LogP contribution in [0.5, 0.6) is 0 Å². The second-order valence-electron chi connectivity index (χ2n) is 5.03. The molecular formula is C14H14N2O3. The van der Waals surface area contributed by atoms with Crippen LogP contribution in [0.1, 0.15) is 39.1 Å². The first-order valence-electron chi connectivity index (χ1n) is 6.33. The molecule has 1 N–H and O–H groups in total. The SMILES string of the molecule is Cc1ccc2c(c1)C(=O)N(C1CCC(=O)NC1)C2=O. The Morgan fingerprint density at radius 2 is 1.89 bits per heavy atom. The van der Waals surface area contributed by atoms with Gasteiger partial charge in [-0.15, -0.1) is 0 Å². The number of hydrogen-bond acceptors (Lipinski definition) is 3. The average molecular weight is 258 g/mol. The average Bonchev–Trinajstić information content (AvgIpc) is 2.63. The third-order valence-corrected chi connectivity index (χ3v) is 3.68. The summed E-state index contributed by atoms with van der Waals surface area (Å²) in [6.07, 6.45) is 0.896. The second kappa shape index (κ2) is 4.19. The van der Waals surface area contributed by atoms with Crippen LogP contribution in [-0.2, 0) is 4.79 Å². The minimum atomic E-state index is -0.249. The molecule has 2 aliphatic heterocycles. The Balaban J connectivity index is 1.92. The number of hydrogen-bond donors (Lipinski definition) is 1. The Kier molecular flexibility index (Phi) is 2.62. The zero-order valence-corrected chi connectivity index (χ0v) is 10.6. The molecule has 5 heteroatoms. The summed E-state index contributed by atoms with van der Waals surface area (Å²) in [6, 6.07) is 5.05. The maximum Gasteiger partial charge on any atom is 0.261 e. The lowest BCUT2D eigenvalue weighted by Gasteiger charge is -2.29. The quantitative estimate of drug-likeness (QED) is 0.760. The molecule has 1 atom stereocenters. The van der Waals surface area contributed by atoms with Gasteiger partial charge in [-0.3, -0.25) is 19.3 Å². The van der Waals surface area contributed by atoms with Gasteiger partial charge in [0.05, 0.1) is 17.2 Å². The van der Waals surface area contributed by atoms with Gasteiger partial charge in [0, 0.05) is 13.0 Å². The predicted octanol–water partition coefficient (Wildman–Crippen LogP) is 0.870. The number of nitrogens with zero attached hydrogens (tertiary/aromatic N) is 1. The Hall–Kier alpha value is -2.17. The number of piperidine rings is 1. The molecule has 3 amide bonds. The van der Waals surface area contributed by atoms with E-state index in [1.54, 1.807) is 12.1 Å². The number of fused-ring (bicyclic) bond motifs is 1. The number of imide groups is 1. The number of amides is 3. The molecule has 2 heterocycles. The van der Waals surface area contributed by atoms with Crippen LogP contribution in [0, 0.1) is 6.92 Å². The van der Waals surface area contributed by atoms with Gasteiger partial charge < -0.3 is 5.32 Å². The summed E-state index contributed by atoms with van der Waals surface area (Å²) >= 11 is 0. The Morgan fingerprint density at radius 3 is 2.58 bits per heavy atom. The molecular weight excluding hydrogens is 244 g/mol. The van der Waals surface area contributed by atoms with E-state index in [1.165, 1.54) is 4.90 Å². The van der Waals surface area contributed by atoms with Gasteiger partial charge in [-0.25, -0.2) is 0 Å². The standard InChI is InChI=1S/C14H14N2O3/c1-8-2-4-10-11(6-8)14(19)16(13(10)18)9-3-5-12(17)15-7-9/h2,4,6,9H,3,5,7H2,1H3,(H,15,17). The lowest BCUT2D eigenvalue weighted by Crippen LogP contribution is -2.50. The minimum absolute atomic E-state index is 0.0243. The number of rotatable bonds is 1. The highest BCUT2D eigenvalue weighted by molar-refractivity contribution is 6.21. The van der Waals surface area contributed by atoms with Crippen molar-refractivity contribution in [3.63, 3.8) is 0 Å². The summed E-state index contributed by atoms with van der Waals surface area (Å²) < 4.78 is 0. The zero-order valence-electron chi connectivity index (χ0n) is 10.6. The van der Waals surface area contributed by atoms with E-state index in [2.05, 4.69) is 5.32 Å². The van der Waals surface area contributed by atoms with Crippen molar-refractivity contribution in [1.82, 2.24) is 10.2 Å². The fourth-order valence-electron chi connectivity index (χ4n) is 2.65. The Morgan fingerprint density at radius 1 is 1.16 bits per heavy atom. The summed E-state index contributed by atoms with van der Waals surface area (Å²) in [4.78, 5) is 37.1. The van der Waals surface area contributed by atoms with Gasteiger partial charge >= 0.3 is 0 Å². The van der Waals surface area contributed by atoms with Gasteiger partial charge in [0.1, 0.15) is 0 Å². The third-order valence-electron chi connectivity index (χ3n) is 3.68. The highest BCUT2D eigenvalue weighted by Gasteiger charge is 2.40. The summed E-state index contributed by atoms with van der Waals surface area (Å²) in [5, 5.41) is 2.70. The molecule has 5 nitrogen and oxygen atoms in total. The van der Waals surface area contributed by atoms with Gasteiger partial charge in [-0.1, -0.05) is 11.6 Å². The fourth-order valence-corrected chi connectivity index (χ4v) is 2.65. The van der Waals surface area contributed by atoms with Gasteiger partial charge in [0.2, 0.25) is 5.91 Å². The number of benzene rings is 1. The monoisotopic (exact) mass is 258 g/mol. The molecule has 0 aliphatic carbocycles. The maximum absolute atomic E-state index is 12.3. The fraction of sp³-hybridized carbons (Fsp3) is 0.357. The first kappa shape index (κ1) is 11.9. The van der Waals surface area contributed by atoms with E-state index in [4.69, 9.17) is 0 Å². The molecule has 2 aliphatic rings. The van der Waals surface area contributed by atoms with Crippen molar-refractivity contribution in [2.75, 3.05) is 6.54 Å². The summed E-state index contributed by atoms with van der Waals surface area (Å²) in [7, 11) is 0. The molecule has 0 aromatic heterocycles. The van der Waals surface area contributed by atoms with Crippen LogP contribution in [-0.4, -0.2) is 35.2 Å². The molecule has 0 spiro atoms. The van der Waals surface area contributed by atoms with Crippen LogP contribution in [0.15, 0.2) is 18.2 Å². The van der Waals surface area contributed by atoms with E-state index >= 15 is 0 Å². The maximum atomic E-state index is 12.3. The molecule has 1 unspecified atom stereocenters. The smallest absolute Gasteiger partial charge is 0.261 e. The minimum Gasteiger partial charge on any atom is -0.354 e. The molecule has 1 aromatic carbocycles. The molecule has 0 radical (unpaired) electrons. The highest BCUT2D eigenvalue weighted by Crippen LogP contribution is 2.27. The Bertz CT molecular complexity index is 584. The van der Waals surface area contributed by atoms with E-state index in [-0.39, 0.29) is 23.8 Å². The molecule has 19 heavy (non-hydrogen) atoms. The van der Waals surface area contributed by atoms with Crippen LogP contribution in [0.25, 0.3) is 0 Å². The van der Waals surface area contributed by atoms with Crippen molar-refractivity contribution < 1.29 is 14.4 Å². The molecule has 0 saturated carbocycles. The van der Waals surface area contributed by atoms with Crippen LogP contribution >= 0.6 is 0 Å². The van der Waals surface area contributed by atoms with Crippen molar-refractivity contribution in [3.8, 4) is 0 Å². The Labute approximate surface area is 110 Å². The van der Waals surface area contributed by atoms with Gasteiger partial charge in [-0.05, 0) is 25.5 Å². The number of nitrogens with one attached hydrogen (secondary N) is 1. The highest BCUT2D eigenvalue weighted by atomic mass is 16.2. The number of aryl methyl sites for hydroxylation is 1. The van der Waals surface area contributed by atoms with Crippen LogP contribution in [0.4, 0.5) is 0 Å². The van der Waals surface area contributed by atoms with E-state index in [1.807, 2.05) is 13.0 Å². The lowest BCUT2D eigenvalue weighted by molar-refractivity contribution is -0.123. The molecule has 1 fully saturated rings. The topological polar surface area (TPSA) is 66.5 Å². The first-order valence-corrected chi connectivity index (χ1v) is 6.33. The molecule has 98 valence electrons. The summed E-state index contributed by atoms with van der Waals surface area (Å²) in [5.74, 6) is -0.519. The summed E-state index contributed by atoms with van der Waals surface area (Å²) in [6.45, 7) is 2.24. The van der Waals surface area contributed by atoms with Crippen LogP contribution < -0.4 is 5.32 Å². The van der Waals surface area contributed by atoms with Crippen molar-refractivity contribution in [2.24, 2.45) is 0 Å². The van der Waals surface area contributed by atoms with Crippen molar-refractivity contribution in [3.05, 3.63) is 34.9 Å². The lowest BCUT2D eigenvalue weighted by atomic mass is 10.1. The van der Waals surface area contributed by atoms with Gasteiger partial charge in [0.25, 0.3) is 11.8 Å². The van der Waals surface area contributed by atoms with E-state index in [0.717, 1.165) is 5.56 Å². The molecule has 1 saturated heterocycles. The van der Waals surface area contributed by atoms with Gasteiger partial charge in [-0.2, -0.15) is 0 Å². The second-order valence-corrected chi connectivity index (χ2v) is 5.03. The van der Waals surface area contributed by atoms with E-state index < -0.39 is 0 Å². The third kappa shape index (κ3) is 1.82. The summed E-state index contributed by atoms with van der Waals surface area (Å²) in [5.41, 5.74) is 1.90. The van der Waals surface area contributed by atoms with Crippen molar-refractivity contribution in [1.29, 1.82) is 0 Å². The van der Waals surface area contributed by atoms with E-state index in [9.17, 15) is 14.4 Å². The normalized spacial score (nSPS) is 22.5. The largest absolute Gasteiger partial charge is 0.354 e. The number of carbonyl (C=O) groups is 3. The van der Waals surface area contributed by atoms with Crippen LogP contribution in [0.2, 0.25) is 0 Å². The van der Waals surface area contributed by atoms with Crippen LogP contribution in [0.3, 0.4) is 0 Å². The number of carbonyl (C=O) groups excluding carboxylic acids is 3. The van der Waals surface area contributed by atoms with E-state index in [0.29, 0.717) is 30.5 Å².